The predicted octanol–water partition coefficient (Wildman–Crippen LogP) is 4.70. The molecule has 0 aromatic carbocycles. The van der Waals surface area contributed by atoms with Crippen molar-refractivity contribution in [3.8, 4) is 0 Å². The van der Waals surface area contributed by atoms with Crippen molar-refractivity contribution in [3.05, 3.63) is 46.2 Å². The van der Waals surface area contributed by atoms with Gasteiger partial charge < -0.3 is 24.8 Å². The molecule has 1 spiro atoms. The monoisotopic (exact) mass is 687 g/mol. The number of likely N-dealkylation sites (tertiary alicyclic amines) is 1. The van der Waals surface area contributed by atoms with Gasteiger partial charge in [0, 0.05) is 49.9 Å². The first-order valence-electron chi connectivity index (χ1n) is 12.2. The summed E-state index contributed by atoms with van der Waals surface area (Å²) in [6.45, 7) is 6.50. The van der Waals surface area contributed by atoms with Crippen LogP contribution in [-0.4, -0.2) is 98.0 Å². The number of nitrogens with zero attached hydrogens (tertiary/aromatic N) is 3. The zero-order valence-corrected chi connectivity index (χ0v) is 23.8. The molecular weight excluding hydrogens is 661 g/mol. The zero-order valence-electron chi connectivity index (χ0n) is 22.9. The first-order valence-corrected chi connectivity index (χ1v) is 13.1. The number of pyridine rings is 1. The summed E-state index contributed by atoms with van der Waals surface area (Å²) in [5.74, 6) is -8.27. The number of halogens is 9. The Morgan fingerprint density at radius 2 is 1.51 bits per heavy atom. The third-order valence-electron chi connectivity index (χ3n) is 5.62. The molecule has 4 rings (SSSR count). The second-order valence-corrected chi connectivity index (χ2v) is 10.2. The maximum absolute atomic E-state index is 10.6. The molecule has 11 nitrogen and oxygen atoms in total. The smallest absolute Gasteiger partial charge is 0.475 e. The summed E-state index contributed by atoms with van der Waals surface area (Å²) >= 11 is 1.74. The lowest BCUT2D eigenvalue weighted by molar-refractivity contribution is -0.200. The number of aromatic nitrogens is 2. The Hall–Kier alpha value is -3.56. The van der Waals surface area contributed by atoms with Gasteiger partial charge in [-0.1, -0.05) is 6.07 Å². The summed E-state index contributed by atoms with van der Waals surface area (Å²) in [4.78, 5) is 39.0. The van der Waals surface area contributed by atoms with Gasteiger partial charge >= 0.3 is 36.4 Å². The lowest BCUT2D eigenvalue weighted by Crippen LogP contribution is -2.65. The van der Waals surface area contributed by atoms with Gasteiger partial charge in [-0.25, -0.2) is 19.4 Å². The predicted molar refractivity (Wildman–Crippen MR) is 134 cm³/mol. The van der Waals surface area contributed by atoms with Gasteiger partial charge in [-0.15, -0.1) is 11.3 Å². The summed E-state index contributed by atoms with van der Waals surface area (Å²) in [6.07, 6.45) is -9.33. The van der Waals surface area contributed by atoms with Crippen molar-refractivity contribution in [1.29, 1.82) is 0 Å². The molecule has 0 radical (unpaired) electrons. The maximum Gasteiger partial charge on any atom is 0.490 e. The van der Waals surface area contributed by atoms with Crippen LogP contribution in [0.4, 0.5) is 39.5 Å². The van der Waals surface area contributed by atoms with Crippen LogP contribution in [0, 0.1) is 6.92 Å². The molecule has 21 heteroatoms. The molecule has 4 heterocycles. The number of hydrogen-bond donors (Lipinski definition) is 3. The van der Waals surface area contributed by atoms with Gasteiger partial charge in [-0.05, 0) is 25.0 Å². The van der Waals surface area contributed by atoms with E-state index in [2.05, 4.69) is 27.9 Å². The number of aliphatic carboxylic acids is 3. The molecule has 254 valence electrons. The zero-order chi connectivity index (χ0) is 34.6. The van der Waals surface area contributed by atoms with Crippen LogP contribution >= 0.6 is 11.3 Å². The van der Waals surface area contributed by atoms with Gasteiger partial charge in [0.25, 0.3) is 0 Å². The van der Waals surface area contributed by atoms with E-state index in [9.17, 15) is 39.5 Å². The van der Waals surface area contributed by atoms with Crippen molar-refractivity contribution in [2.24, 2.45) is 0 Å². The van der Waals surface area contributed by atoms with E-state index >= 15 is 0 Å². The minimum Gasteiger partial charge on any atom is -0.475 e. The van der Waals surface area contributed by atoms with E-state index < -0.39 is 36.4 Å². The average molecular weight is 688 g/mol. The quantitative estimate of drug-likeness (QED) is 0.374. The Labute approximate surface area is 252 Å². The summed E-state index contributed by atoms with van der Waals surface area (Å²) in [5.41, 5.74) is 4.22. The summed E-state index contributed by atoms with van der Waals surface area (Å²) in [7, 11) is 0. The van der Waals surface area contributed by atoms with Crippen molar-refractivity contribution in [1.82, 2.24) is 14.9 Å². The second kappa shape index (κ2) is 16.7. The Morgan fingerprint density at radius 1 is 1.00 bits per heavy atom. The molecule has 45 heavy (non-hydrogen) atoms. The number of aryl methyl sites for hydroxylation is 1. The maximum atomic E-state index is 10.6. The van der Waals surface area contributed by atoms with E-state index in [1.54, 1.807) is 17.5 Å². The van der Waals surface area contributed by atoms with Crippen LogP contribution < -0.4 is 0 Å². The Bertz CT molecular complexity index is 1180. The number of hydrogen-bond acceptors (Lipinski definition) is 9. The van der Waals surface area contributed by atoms with E-state index in [1.807, 2.05) is 17.8 Å². The van der Waals surface area contributed by atoms with Crippen LogP contribution in [0.25, 0.3) is 0 Å². The first-order chi connectivity index (χ1) is 20.6. The van der Waals surface area contributed by atoms with Crippen LogP contribution in [0.2, 0.25) is 0 Å². The van der Waals surface area contributed by atoms with E-state index in [-0.39, 0.29) is 11.7 Å². The normalized spacial score (nSPS) is 17.7. The van der Waals surface area contributed by atoms with Crippen molar-refractivity contribution < 1.29 is 78.7 Å². The minimum absolute atomic E-state index is 0.00352. The van der Waals surface area contributed by atoms with Gasteiger partial charge in [0.1, 0.15) is 0 Å². The number of carbonyl (C=O) groups is 3. The third kappa shape index (κ3) is 14.8. The Balaban J connectivity index is 0.000000396. The SMILES string of the molecule is Cc1ncsc1CN1CC2(CC(OCc3cccnc3)CCO2)C1.O=C(O)C(F)(F)F.O=C(O)C(F)(F)F.O=C(O)C(F)(F)F. The average Bonchev–Trinajstić information content (AvgIpc) is 3.31. The molecule has 2 aliphatic rings. The van der Waals surface area contributed by atoms with Crippen molar-refractivity contribution >= 4 is 29.2 Å². The molecule has 0 amide bonds. The van der Waals surface area contributed by atoms with Crippen molar-refractivity contribution in [3.63, 3.8) is 0 Å². The van der Waals surface area contributed by atoms with Crippen LogP contribution in [0.5, 0.6) is 0 Å². The lowest BCUT2D eigenvalue weighted by Gasteiger charge is -2.53. The standard InChI is InChI=1S/C18H23N3O2S.3C2HF3O2/c1-14-17(24-13-20-14)9-21-11-18(12-21)7-16(4-6-23-18)22-10-15-3-2-5-19-8-15;3*3-2(4,5)1(6)7/h2-3,5,8,13,16H,4,6-7,9-12H2,1H3;3*(H,6,7). The highest BCUT2D eigenvalue weighted by atomic mass is 32.1. The van der Waals surface area contributed by atoms with E-state index in [1.165, 1.54) is 4.88 Å². The number of thiazole rings is 1. The van der Waals surface area contributed by atoms with E-state index in [0.717, 1.165) is 50.3 Å². The second-order valence-electron chi connectivity index (χ2n) is 9.23. The fraction of sp³-hybridized carbons (Fsp3) is 0.542. The summed E-state index contributed by atoms with van der Waals surface area (Å²) < 4.78 is 107. The van der Waals surface area contributed by atoms with Gasteiger partial charge in [-0.2, -0.15) is 39.5 Å². The molecule has 0 saturated carbocycles. The highest BCUT2D eigenvalue weighted by Gasteiger charge is 2.48. The molecule has 2 fully saturated rings. The topological polar surface area (TPSA) is 159 Å². The molecule has 0 aliphatic carbocycles. The molecule has 2 aliphatic heterocycles. The van der Waals surface area contributed by atoms with Crippen LogP contribution in [0.1, 0.15) is 29.0 Å². The number of ether oxygens (including phenoxy) is 2. The van der Waals surface area contributed by atoms with Gasteiger partial charge in [0.05, 0.1) is 29.5 Å². The molecule has 3 N–H and O–H groups in total. The summed E-state index contributed by atoms with van der Waals surface area (Å²) in [6, 6.07) is 4.01. The highest BCUT2D eigenvalue weighted by molar-refractivity contribution is 7.09. The van der Waals surface area contributed by atoms with Crippen LogP contribution in [0.3, 0.4) is 0 Å². The Morgan fingerprint density at radius 3 is 1.91 bits per heavy atom. The molecular formula is C24H26F9N3O8S. The highest BCUT2D eigenvalue weighted by Crippen LogP contribution is 2.36. The van der Waals surface area contributed by atoms with Crippen LogP contribution in [-0.2, 0) is 37.0 Å². The molecule has 2 aromatic heterocycles. The number of alkyl halides is 9. The number of carboxylic acid groups (broad SMARTS) is 3. The van der Waals surface area contributed by atoms with Gasteiger partial charge in [-0.3, -0.25) is 9.88 Å². The third-order valence-corrected chi connectivity index (χ3v) is 6.54. The number of rotatable bonds is 5. The fourth-order valence-electron chi connectivity index (χ4n) is 3.60. The molecule has 0 bridgehead atoms. The lowest BCUT2D eigenvalue weighted by atomic mass is 9.84. The summed E-state index contributed by atoms with van der Waals surface area (Å²) in [5, 5.41) is 21.4. The molecule has 1 unspecified atom stereocenters. The van der Waals surface area contributed by atoms with E-state index in [4.69, 9.17) is 39.2 Å². The fourth-order valence-corrected chi connectivity index (χ4v) is 4.42. The molecule has 1 atom stereocenters. The van der Waals surface area contributed by atoms with E-state index in [0.29, 0.717) is 6.61 Å². The van der Waals surface area contributed by atoms with Crippen molar-refractivity contribution in [2.45, 2.75) is 63.2 Å². The number of carboxylic acids is 3. The largest absolute Gasteiger partial charge is 0.490 e. The molecule has 2 aromatic rings. The van der Waals surface area contributed by atoms with Crippen LogP contribution in [0.15, 0.2) is 30.0 Å². The first kappa shape index (κ1) is 39.5. The molecule has 2 saturated heterocycles. The van der Waals surface area contributed by atoms with Crippen molar-refractivity contribution in [2.75, 3.05) is 19.7 Å². The van der Waals surface area contributed by atoms with Gasteiger partial charge in [0.15, 0.2) is 0 Å². The Kier molecular flexibility index (Phi) is 14.6. The van der Waals surface area contributed by atoms with Gasteiger partial charge in [0.2, 0.25) is 0 Å². The minimum atomic E-state index is -5.08.